The van der Waals surface area contributed by atoms with E-state index >= 15 is 0 Å². The van der Waals surface area contributed by atoms with E-state index in [4.69, 9.17) is 28.0 Å². The number of non-ortho nitro benzene ring substituents is 1. The lowest BCUT2D eigenvalue weighted by atomic mass is 9.90. The van der Waals surface area contributed by atoms with Crippen LogP contribution < -0.4 is 9.96 Å². The lowest BCUT2D eigenvalue weighted by molar-refractivity contribution is -0.384. The molecule has 2 amide bonds. The molecule has 2 heterocycles. The molecule has 2 saturated heterocycles. The molecule has 0 aliphatic carbocycles. The van der Waals surface area contributed by atoms with Crippen LogP contribution in [-0.2, 0) is 14.4 Å². The number of nitro groups is 1. The van der Waals surface area contributed by atoms with E-state index in [0.717, 1.165) is 4.90 Å². The van der Waals surface area contributed by atoms with Crippen LogP contribution in [0.4, 0.5) is 17.1 Å². The Hall–Kier alpha value is -3.46. The van der Waals surface area contributed by atoms with Gasteiger partial charge in [-0.3, -0.25) is 24.5 Å². The number of rotatable bonds is 4. The van der Waals surface area contributed by atoms with Gasteiger partial charge in [-0.15, -0.1) is 0 Å². The minimum atomic E-state index is -1.12. The lowest BCUT2D eigenvalue weighted by Gasteiger charge is -2.29. The maximum atomic E-state index is 13.6. The van der Waals surface area contributed by atoms with E-state index in [1.165, 1.54) is 29.3 Å². The zero-order valence-corrected chi connectivity index (χ0v) is 18.3. The van der Waals surface area contributed by atoms with Crippen LogP contribution in [0.3, 0.4) is 0 Å². The Kier molecular flexibility index (Phi) is 5.28. The number of nitrogens with zero attached hydrogens (tertiary/aromatic N) is 3. The summed E-state index contributed by atoms with van der Waals surface area (Å²) in [5.74, 6) is -2.05. The third kappa shape index (κ3) is 3.52. The number of hydrogen-bond donors (Lipinski definition) is 0. The van der Waals surface area contributed by atoms with E-state index in [2.05, 4.69) is 0 Å². The minimum absolute atomic E-state index is 0.115. The summed E-state index contributed by atoms with van der Waals surface area (Å²) in [5.41, 5.74) is 1.10. The molecule has 10 heteroatoms. The topological polar surface area (TPSA) is 93.0 Å². The molecule has 0 unspecified atom stereocenters. The zero-order valence-electron chi connectivity index (χ0n) is 16.8. The molecule has 0 saturated carbocycles. The summed E-state index contributed by atoms with van der Waals surface area (Å²) < 4.78 is 0. The van der Waals surface area contributed by atoms with Crippen molar-refractivity contribution < 1.29 is 19.3 Å². The normalized spacial score (nSPS) is 22.1. The molecule has 2 aliphatic heterocycles. The highest BCUT2D eigenvalue weighted by atomic mass is 35.5. The molecule has 0 spiro atoms. The van der Waals surface area contributed by atoms with Crippen molar-refractivity contribution in [1.29, 1.82) is 0 Å². The van der Waals surface area contributed by atoms with E-state index in [0.29, 0.717) is 21.3 Å². The van der Waals surface area contributed by atoms with E-state index in [-0.39, 0.29) is 11.4 Å². The predicted octanol–water partition coefficient (Wildman–Crippen LogP) is 4.95. The van der Waals surface area contributed by atoms with Gasteiger partial charge in [0, 0.05) is 22.2 Å². The summed E-state index contributed by atoms with van der Waals surface area (Å²) in [7, 11) is 0. The summed E-state index contributed by atoms with van der Waals surface area (Å²) in [4.78, 5) is 44.5. The fourth-order valence-corrected chi connectivity index (χ4v) is 4.79. The number of amides is 2. The van der Waals surface area contributed by atoms with E-state index < -0.39 is 34.8 Å². The first kappa shape index (κ1) is 21.4. The number of fused-ring (bicyclic) bond motifs is 1. The molecule has 8 nitrogen and oxygen atoms in total. The molecule has 5 rings (SSSR count). The molecule has 0 N–H and O–H groups in total. The predicted molar refractivity (Wildman–Crippen MR) is 122 cm³/mol. The number of carbonyl (C=O) groups is 2. The van der Waals surface area contributed by atoms with Crippen molar-refractivity contribution in [3.05, 3.63) is 98.5 Å². The standard InChI is InChI=1S/C23H15Cl2N3O5/c24-13-9-10-17(18(25)11-13)20-19-21(33-27(20)14-5-2-1-3-6-14)23(30)26(22(19)29)15-7-4-8-16(12-15)28(31)32/h1-12,19-21H/t19-,20-,21+/m0/s1. The second-order valence-corrected chi connectivity index (χ2v) is 8.46. The Morgan fingerprint density at radius 1 is 0.879 bits per heavy atom. The van der Waals surface area contributed by atoms with Crippen molar-refractivity contribution >= 4 is 52.1 Å². The van der Waals surface area contributed by atoms with Crippen LogP contribution in [0.15, 0.2) is 72.8 Å². The molecule has 3 aromatic rings. The van der Waals surface area contributed by atoms with Crippen molar-refractivity contribution in [3.8, 4) is 0 Å². The third-order valence-electron chi connectivity index (χ3n) is 5.71. The number of para-hydroxylation sites is 1. The molecule has 3 aromatic carbocycles. The number of carbonyl (C=O) groups excluding carboxylic acids is 2. The van der Waals surface area contributed by atoms with Gasteiger partial charge in [-0.25, -0.2) is 9.96 Å². The van der Waals surface area contributed by atoms with E-state index in [1.807, 2.05) is 18.2 Å². The fourth-order valence-electron chi connectivity index (χ4n) is 4.27. The first-order chi connectivity index (χ1) is 15.9. The Labute approximate surface area is 198 Å². The Balaban J connectivity index is 1.60. The summed E-state index contributed by atoms with van der Waals surface area (Å²) in [6.45, 7) is 0. The van der Waals surface area contributed by atoms with Crippen LogP contribution in [0, 0.1) is 16.0 Å². The van der Waals surface area contributed by atoms with Crippen molar-refractivity contribution in [2.24, 2.45) is 5.92 Å². The number of anilines is 2. The zero-order chi connectivity index (χ0) is 23.3. The van der Waals surface area contributed by atoms with Crippen LogP contribution in [0.1, 0.15) is 11.6 Å². The highest BCUT2D eigenvalue weighted by Crippen LogP contribution is 2.49. The van der Waals surface area contributed by atoms with E-state index in [1.54, 1.807) is 30.3 Å². The molecule has 2 fully saturated rings. The number of halogens is 2. The summed E-state index contributed by atoms with van der Waals surface area (Å²) in [6, 6.07) is 18.6. The fraction of sp³-hybridized carbons (Fsp3) is 0.130. The van der Waals surface area contributed by atoms with Gasteiger partial charge in [0.05, 0.1) is 22.3 Å². The average Bonchev–Trinajstić information content (AvgIpc) is 3.30. The van der Waals surface area contributed by atoms with Gasteiger partial charge in [-0.1, -0.05) is 53.5 Å². The van der Waals surface area contributed by atoms with Crippen LogP contribution in [0.25, 0.3) is 0 Å². The van der Waals surface area contributed by atoms with Gasteiger partial charge in [0.2, 0.25) is 5.91 Å². The van der Waals surface area contributed by atoms with Crippen LogP contribution in [0.5, 0.6) is 0 Å². The summed E-state index contributed by atoms with van der Waals surface area (Å²) >= 11 is 12.6. The number of benzene rings is 3. The summed E-state index contributed by atoms with van der Waals surface area (Å²) in [5, 5.41) is 13.5. The van der Waals surface area contributed by atoms with Gasteiger partial charge in [0.15, 0.2) is 6.10 Å². The van der Waals surface area contributed by atoms with Crippen molar-refractivity contribution in [2.75, 3.05) is 9.96 Å². The Bertz CT molecular complexity index is 1290. The Morgan fingerprint density at radius 2 is 1.61 bits per heavy atom. The van der Waals surface area contributed by atoms with Crippen molar-refractivity contribution in [1.82, 2.24) is 0 Å². The highest BCUT2D eigenvalue weighted by Gasteiger charge is 2.60. The second-order valence-electron chi connectivity index (χ2n) is 7.61. The molecular weight excluding hydrogens is 469 g/mol. The maximum Gasteiger partial charge on any atom is 0.271 e. The molecule has 0 aromatic heterocycles. The van der Waals surface area contributed by atoms with Gasteiger partial charge >= 0.3 is 0 Å². The third-order valence-corrected chi connectivity index (χ3v) is 6.27. The van der Waals surface area contributed by atoms with Crippen molar-refractivity contribution in [2.45, 2.75) is 12.1 Å². The van der Waals surface area contributed by atoms with Gasteiger partial charge in [-0.2, -0.15) is 0 Å². The van der Waals surface area contributed by atoms with Crippen LogP contribution in [-0.4, -0.2) is 22.8 Å². The van der Waals surface area contributed by atoms with Crippen LogP contribution >= 0.6 is 23.2 Å². The highest BCUT2D eigenvalue weighted by molar-refractivity contribution is 6.35. The van der Waals surface area contributed by atoms with Gasteiger partial charge in [0.1, 0.15) is 5.92 Å². The molecule has 0 bridgehead atoms. The summed E-state index contributed by atoms with van der Waals surface area (Å²) in [6.07, 6.45) is -1.12. The molecule has 0 radical (unpaired) electrons. The first-order valence-electron chi connectivity index (χ1n) is 9.95. The smallest absolute Gasteiger partial charge is 0.271 e. The van der Waals surface area contributed by atoms with E-state index in [9.17, 15) is 19.7 Å². The molecular formula is C23H15Cl2N3O5. The SMILES string of the molecule is O=C1[C@@H]2[C@@H](ON(c3ccccc3)[C@H]2c2ccc(Cl)cc2Cl)C(=O)N1c1cccc([N+](=O)[O-])c1. The molecule has 33 heavy (non-hydrogen) atoms. The average molecular weight is 484 g/mol. The van der Waals surface area contributed by atoms with Gasteiger partial charge < -0.3 is 0 Å². The lowest BCUT2D eigenvalue weighted by Crippen LogP contribution is -2.37. The minimum Gasteiger partial charge on any atom is -0.273 e. The number of hydrogen-bond acceptors (Lipinski definition) is 6. The van der Waals surface area contributed by atoms with Gasteiger partial charge in [-0.05, 0) is 35.9 Å². The molecule has 3 atom stereocenters. The molecule has 2 aliphatic rings. The van der Waals surface area contributed by atoms with Gasteiger partial charge in [0.25, 0.3) is 11.6 Å². The number of nitro benzene ring substituents is 1. The number of hydroxylamine groups is 1. The monoisotopic (exact) mass is 483 g/mol. The largest absolute Gasteiger partial charge is 0.273 e. The molecule has 166 valence electrons. The van der Waals surface area contributed by atoms with Crippen LogP contribution in [0.2, 0.25) is 10.0 Å². The second kappa shape index (κ2) is 8.15. The maximum absolute atomic E-state index is 13.6. The first-order valence-corrected chi connectivity index (χ1v) is 10.7. The quantitative estimate of drug-likeness (QED) is 0.296. The number of imide groups is 1. The Morgan fingerprint density at radius 3 is 2.30 bits per heavy atom. The van der Waals surface area contributed by atoms with Crippen molar-refractivity contribution in [3.63, 3.8) is 0 Å².